The Morgan fingerprint density at radius 2 is 1.04 bits per heavy atom. The van der Waals surface area contributed by atoms with Gasteiger partial charge in [0.15, 0.2) is 0 Å². The third-order valence-electron chi connectivity index (χ3n) is 6.89. The minimum absolute atomic E-state index is 0.0945. The van der Waals surface area contributed by atoms with E-state index in [2.05, 4.69) is 4.90 Å². The van der Waals surface area contributed by atoms with Crippen molar-refractivity contribution in [1.29, 1.82) is 0 Å². The summed E-state index contributed by atoms with van der Waals surface area (Å²) in [7, 11) is 0. The zero-order valence-electron chi connectivity index (χ0n) is 29.3. The fourth-order valence-corrected chi connectivity index (χ4v) is 5.14. The lowest BCUT2D eigenvalue weighted by molar-refractivity contribution is -0.158. The monoisotopic (exact) mass is 648 g/mol. The van der Waals surface area contributed by atoms with E-state index in [4.69, 9.17) is 14.2 Å². The Balaban J connectivity index is 2.38. The second-order valence-corrected chi connectivity index (χ2v) is 14.8. The van der Waals surface area contributed by atoms with Gasteiger partial charge >= 0.3 is 23.9 Å². The standard InChI is InChI=1S/C34H56N4O8/c1-32(2,3)44-29(41)23-36-17-15-35(16-18-37(20-19-36)24-30(42)45-33(4,5)6)21-27(26-13-11-10-12-14-26)38(22-28(39)40)25-31(43)46-34(7,8)9/h10-14,27H,15-25H2,1-9H3,(H,39,40)/t27-/m0/s1. The Hall–Kier alpha value is -3.06. The van der Waals surface area contributed by atoms with Gasteiger partial charge in [-0.3, -0.25) is 38.8 Å². The molecule has 0 aliphatic carbocycles. The molecule has 12 heteroatoms. The van der Waals surface area contributed by atoms with Gasteiger partial charge in [-0.2, -0.15) is 0 Å². The molecule has 12 nitrogen and oxygen atoms in total. The maximum absolute atomic E-state index is 12.9. The third-order valence-corrected chi connectivity index (χ3v) is 6.89. The van der Waals surface area contributed by atoms with E-state index in [0.29, 0.717) is 45.8 Å². The van der Waals surface area contributed by atoms with Crippen molar-refractivity contribution in [2.24, 2.45) is 0 Å². The zero-order valence-corrected chi connectivity index (χ0v) is 29.3. The molecule has 260 valence electrons. The minimum atomic E-state index is -1.05. The first-order valence-electron chi connectivity index (χ1n) is 16.0. The van der Waals surface area contributed by atoms with E-state index >= 15 is 0 Å². The van der Waals surface area contributed by atoms with Crippen LogP contribution < -0.4 is 0 Å². The quantitative estimate of drug-likeness (QED) is 0.264. The van der Waals surface area contributed by atoms with Crippen LogP contribution in [0.2, 0.25) is 0 Å². The van der Waals surface area contributed by atoms with E-state index in [1.165, 1.54) is 0 Å². The van der Waals surface area contributed by atoms with Crippen molar-refractivity contribution in [1.82, 2.24) is 19.6 Å². The molecular weight excluding hydrogens is 592 g/mol. The Kier molecular flexibility index (Phi) is 14.6. The van der Waals surface area contributed by atoms with Gasteiger partial charge in [-0.25, -0.2) is 0 Å². The van der Waals surface area contributed by atoms with Gasteiger partial charge in [0.1, 0.15) is 16.8 Å². The zero-order chi connectivity index (χ0) is 34.7. The van der Waals surface area contributed by atoms with Crippen LogP contribution in [0.25, 0.3) is 0 Å². The molecule has 1 atom stereocenters. The number of ether oxygens (including phenoxy) is 3. The molecule has 0 amide bonds. The molecule has 0 saturated carbocycles. The van der Waals surface area contributed by atoms with Crippen LogP contribution in [-0.4, -0.2) is 137 Å². The van der Waals surface area contributed by atoms with Crippen LogP contribution in [0.3, 0.4) is 0 Å². The van der Waals surface area contributed by atoms with Crippen LogP contribution in [0.15, 0.2) is 30.3 Å². The lowest BCUT2D eigenvalue weighted by Crippen LogP contribution is -2.46. The van der Waals surface area contributed by atoms with Crippen LogP contribution in [0.1, 0.15) is 73.9 Å². The molecule has 0 unspecified atom stereocenters. The number of carbonyl (C=O) groups excluding carboxylic acids is 3. The van der Waals surface area contributed by atoms with Crippen LogP contribution >= 0.6 is 0 Å². The van der Waals surface area contributed by atoms with Gasteiger partial charge in [-0.05, 0) is 67.9 Å². The van der Waals surface area contributed by atoms with E-state index in [1.807, 2.05) is 81.7 Å². The molecule has 1 heterocycles. The van der Waals surface area contributed by atoms with Crippen molar-refractivity contribution < 1.29 is 38.5 Å². The predicted octanol–water partition coefficient (Wildman–Crippen LogP) is 3.06. The summed E-state index contributed by atoms with van der Waals surface area (Å²) in [6.45, 7) is 19.7. The molecule has 1 aromatic carbocycles. The summed E-state index contributed by atoms with van der Waals surface area (Å²) < 4.78 is 16.7. The van der Waals surface area contributed by atoms with Gasteiger partial charge in [-0.1, -0.05) is 30.3 Å². The van der Waals surface area contributed by atoms with E-state index in [0.717, 1.165) is 5.56 Å². The topological polar surface area (TPSA) is 129 Å². The van der Waals surface area contributed by atoms with E-state index < -0.39 is 34.8 Å². The highest BCUT2D eigenvalue weighted by Gasteiger charge is 2.30. The van der Waals surface area contributed by atoms with Crippen LogP contribution in [0.4, 0.5) is 0 Å². The number of carbonyl (C=O) groups is 4. The van der Waals surface area contributed by atoms with Gasteiger partial charge in [0.2, 0.25) is 0 Å². The maximum Gasteiger partial charge on any atom is 0.320 e. The molecule has 46 heavy (non-hydrogen) atoms. The van der Waals surface area contributed by atoms with Gasteiger partial charge in [0.25, 0.3) is 0 Å². The average molecular weight is 649 g/mol. The number of nitrogens with zero attached hydrogens (tertiary/aromatic N) is 4. The molecule has 1 N–H and O–H groups in total. The lowest BCUT2D eigenvalue weighted by atomic mass is 10.0. The summed E-state index contributed by atoms with van der Waals surface area (Å²) in [4.78, 5) is 58.4. The molecule has 0 aromatic heterocycles. The van der Waals surface area contributed by atoms with Crippen LogP contribution in [0.5, 0.6) is 0 Å². The number of aliphatic carboxylic acids is 1. The highest BCUT2D eigenvalue weighted by molar-refractivity contribution is 5.74. The fraction of sp³-hybridized carbons (Fsp3) is 0.706. The highest BCUT2D eigenvalue weighted by Crippen LogP contribution is 2.23. The molecule has 1 aliphatic rings. The van der Waals surface area contributed by atoms with Crippen LogP contribution in [-0.2, 0) is 33.4 Å². The average Bonchev–Trinajstić information content (AvgIpc) is 2.95. The summed E-state index contributed by atoms with van der Waals surface area (Å²) >= 11 is 0. The van der Waals surface area contributed by atoms with Crippen molar-refractivity contribution in [3.8, 4) is 0 Å². The molecule has 0 spiro atoms. The van der Waals surface area contributed by atoms with Gasteiger partial charge < -0.3 is 19.3 Å². The number of benzene rings is 1. The number of carboxylic acid groups (broad SMARTS) is 1. The van der Waals surface area contributed by atoms with Gasteiger partial charge in [0.05, 0.1) is 26.2 Å². The number of hydrogen-bond donors (Lipinski definition) is 1. The Bertz CT molecular complexity index is 1100. The van der Waals surface area contributed by atoms with E-state index in [-0.39, 0.29) is 38.1 Å². The Morgan fingerprint density at radius 1 is 0.652 bits per heavy atom. The largest absolute Gasteiger partial charge is 0.480 e. The molecule has 1 aliphatic heterocycles. The molecule has 1 fully saturated rings. The predicted molar refractivity (Wildman–Crippen MR) is 175 cm³/mol. The first-order valence-corrected chi connectivity index (χ1v) is 16.0. The molecular formula is C34H56N4O8. The van der Waals surface area contributed by atoms with Crippen molar-refractivity contribution >= 4 is 23.9 Å². The van der Waals surface area contributed by atoms with Gasteiger partial charge in [-0.15, -0.1) is 0 Å². The molecule has 0 bridgehead atoms. The van der Waals surface area contributed by atoms with Crippen LogP contribution in [0, 0.1) is 0 Å². The SMILES string of the molecule is CC(C)(C)OC(=O)CN1CCN(CC(=O)OC(C)(C)C)CCN(C[C@@H](c2ccccc2)N(CC(=O)O)CC(=O)OC(C)(C)C)CC1. The number of hydrogen-bond acceptors (Lipinski definition) is 11. The third kappa shape index (κ3) is 16.5. The molecule has 2 rings (SSSR count). The minimum Gasteiger partial charge on any atom is -0.480 e. The number of carboxylic acids is 1. The van der Waals surface area contributed by atoms with Crippen molar-refractivity contribution in [2.45, 2.75) is 85.2 Å². The van der Waals surface area contributed by atoms with Crippen molar-refractivity contribution in [3.05, 3.63) is 35.9 Å². The summed E-state index contributed by atoms with van der Waals surface area (Å²) in [5, 5.41) is 9.84. The lowest BCUT2D eigenvalue weighted by Gasteiger charge is -2.36. The Labute approximate surface area is 274 Å². The molecule has 1 aromatic rings. The number of rotatable bonds is 12. The van der Waals surface area contributed by atoms with Crippen molar-refractivity contribution in [2.75, 3.05) is 72.0 Å². The summed E-state index contributed by atoms with van der Waals surface area (Å²) in [5.74, 6) is -2.22. The first-order chi connectivity index (χ1) is 21.2. The first kappa shape index (κ1) is 39.1. The fourth-order valence-electron chi connectivity index (χ4n) is 5.14. The van der Waals surface area contributed by atoms with E-state index in [1.54, 1.807) is 25.7 Å². The van der Waals surface area contributed by atoms with Crippen molar-refractivity contribution in [3.63, 3.8) is 0 Å². The van der Waals surface area contributed by atoms with Gasteiger partial charge in [0, 0.05) is 51.9 Å². The summed E-state index contributed by atoms with van der Waals surface area (Å²) in [5.41, 5.74) is -1.08. The Morgan fingerprint density at radius 3 is 1.43 bits per heavy atom. The second kappa shape index (κ2) is 17.2. The highest BCUT2D eigenvalue weighted by atomic mass is 16.6. The summed E-state index contributed by atoms with van der Waals surface area (Å²) in [6.07, 6.45) is 0. The molecule has 0 radical (unpaired) electrons. The van der Waals surface area contributed by atoms with E-state index in [9.17, 15) is 24.3 Å². The summed E-state index contributed by atoms with van der Waals surface area (Å²) in [6, 6.07) is 9.06. The smallest absolute Gasteiger partial charge is 0.320 e. The normalized spacial score (nSPS) is 17.0. The number of esters is 3. The second-order valence-electron chi connectivity index (χ2n) is 14.8. The maximum atomic E-state index is 12.9. The molecule has 1 saturated heterocycles.